The topological polar surface area (TPSA) is 63.3 Å². The average molecular weight is 203 g/mol. The third-order valence-corrected chi connectivity index (χ3v) is 2.65. The predicted molar refractivity (Wildman–Crippen MR) is 58.4 cm³/mol. The third-order valence-electron chi connectivity index (χ3n) is 2.65. The second-order valence-corrected chi connectivity index (χ2v) is 4.01. The molecule has 0 saturated heterocycles. The Bertz CT molecular complexity index is 425. The zero-order valence-electron chi connectivity index (χ0n) is 8.31. The largest absolute Gasteiger partial charge is 0.481 e. The van der Waals surface area contributed by atoms with E-state index in [1.165, 1.54) is 0 Å². The molecule has 1 aliphatic carbocycles. The first-order chi connectivity index (χ1) is 7.09. The van der Waals surface area contributed by atoms with Crippen LogP contribution in [-0.4, -0.2) is 16.6 Å². The van der Waals surface area contributed by atoms with Crippen molar-refractivity contribution in [1.82, 2.24) is 0 Å². The van der Waals surface area contributed by atoms with Crippen molar-refractivity contribution in [2.45, 2.75) is 18.4 Å². The minimum Gasteiger partial charge on any atom is -0.481 e. The molecule has 0 heterocycles. The summed E-state index contributed by atoms with van der Waals surface area (Å²) in [7, 11) is 0. The lowest BCUT2D eigenvalue weighted by atomic mass is 9.82. The molecule has 3 nitrogen and oxygen atoms in total. The Kier molecular flexibility index (Phi) is 2.32. The molecular formula is C12H13NO2. The fraction of sp³-hybridized carbons (Fsp3) is 0.250. The lowest BCUT2D eigenvalue weighted by Crippen LogP contribution is -2.43. The maximum absolute atomic E-state index is 10.7. The third kappa shape index (κ3) is 2.07. The standard InChI is InChI=1S/C12H13NO2/c13-12(8-11(14)15)6-5-9-3-1-2-4-10(9)7-12/h1-6H,7-8,13H2,(H,14,15). The van der Waals surface area contributed by atoms with Gasteiger partial charge in [0.15, 0.2) is 0 Å². The zero-order valence-corrected chi connectivity index (χ0v) is 8.31. The lowest BCUT2D eigenvalue weighted by Gasteiger charge is -2.28. The highest BCUT2D eigenvalue weighted by atomic mass is 16.4. The summed E-state index contributed by atoms with van der Waals surface area (Å²) in [6, 6.07) is 7.90. The summed E-state index contributed by atoms with van der Waals surface area (Å²) in [6.07, 6.45) is 4.26. The van der Waals surface area contributed by atoms with Crippen LogP contribution in [0.4, 0.5) is 0 Å². The molecule has 1 aliphatic rings. The molecule has 1 aromatic carbocycles. The number of carboxylic acid groups (broad SMARTS) is 1. The lowest BCUT2D eigenvalue weighted by molar-refractivity contribution is -0.137. The van der Waals surface area contributed by atoms with E-state index in [1.54, 1.807) is 6.08 Å². The first kappa shape index (κ1) is 9.93. The van der Waals surface area contributed by atoms with Gasteiger partial charge < -0.3 is 10.8 Å². The summed E-state index contributed by atoms with van der Waals surface area (Å²) in [6.45, 7) is 0. The van der Waals surface area contributed by atoms with E-state index >= 15 is 0 Å². The van der Waals surface area contributed by atoms with Gasteiger partial charge in [-0.3, -0.25) is 4.79 Å². The van der Waals surface area contributed by atoms with Crippen LogP contribution < -0.4 is 5.73 Å². The van der Waals surface area contributed by atoms with Gasteiger partial charge in [0.25, 0.3) is 0 Å². The Morgan fingerprint density at radius 3 is 2.93 bits per heavy atom. The van der Waals surface area contributed by atoms with Crippen molar-refractivity contribution in [1.29, 1.82) is 0 Å². The molecule has 0 fully saturated rings. The number of rotatable bonds is 2. The molecule has 0 radical (unpaired) electrons. The maximum atomic E-state index is 10.7. The molecule has 0 saturated carbocycles. The Balaban J connectivity index is 2.28. The SMILES string of the molecule is NC1(CC(=O)O)C=Cc2ccccc2C1. The molecule has 0 aromatic heterocycles. The average Bonchev–Trinajstić information content (AvgIpc) is 2.15. The summed E-state index contributed by atoms with van der Waals surface area (Å²) < 4.78 is 0. The van der Waals surface area contributed by atoms with Crippen LogP contribution >= 0.6 is 0 Å². The normalized spacial score (nSPS) is 23.5. The van der Waals surface area contributed by atoms with E-state index < -0.39 is 11.5 Å². The second-order valence-electron chi connectivity index (χ2n) is 4.01. The molecule has 2 rings (SSSR count). The number of hydrogen-bond donors (Lipinski definition) is 2. The first-order valence-electron chi connectivity index (χ1n) is 4.87. The number of nitrogens with two attached hydrogens (primary N) is 1. The van der Waals surface area contributed by atoms with Gasteiger partial charge in [-0.25, -0.2) is 0 Å². The summed E-state index contributed by atoms with van der Waals surface area (Å²) >= 11 is 0. The number of aliphatic carboxylic acids is 1. The Labute approximate surface area is 88.2 Å². The molecule has 0 spiro atoms. The quantitative estimate of drug-likeness (QED) is 0.764. The van der Waals surface area contributed by atoms with Gasteiger partial charge >= 0.3 is 5.97 Å². The summed E-state index contributed by atoms with van der Waals surface area (Å²) in [5.74, 6) is -0.860. The van der Waals surface area contributed by atoms with Crippen LogP contribution in [0, 0.1) is 0 Å². The molecule has 3 N–H and O–H groups in total. The van der Waals surface area contributed by atoms with E-state index in [0.717, 1.165) is 11.1 Å². The van der Waals surface area contributed by atoms with Crippen LogP contribution in [0.25, 0.3) is 6.08 Å². The van der Waals surface area contributed by atoms with Crippen molar-refractivity contribution in [3.05, 3.63) is 41.5 Å². The van der Waals surface area contributed by atoms with Gasteiger partial charge in [-0.1, -0.05) is 36.4 Å². The van der Waals surface area contributed by atoms with Crippen molar-refractivity contribution < 1.29 is 9.90 Å². The number of carboxylic acids is 1. The van der Waals surface area contributed by atoms with Gasteiger partial charge in [-0.05, 0) is 17.5 Å². The monoisotopic (exact) mass is 203 g/mol. The highest BCUT2D eigenvalue weighted by Crippen LogP contribution is 2.26. The second kappa shape index (κ2) is 3.51. The number of fused-ring (bicyclic) bond motifs is 1. The number of hydrogen-bond acceptors (Lipinski definition) is 2. The van der Waals surface area contributed by atoms with Crippen LogP contribution in [0.5, 0.6) is 0 Å². The van der Waals surface area contributed by atoms with Crippen molar-refractivity contribution in [3.8, 4) is 0 Å². The smallest absolute Gasteiger partial charge is 0.305 e. The van der Waals surface area contributed by atoms with Crippen LogP contribution in [0.2, 0.25) is 0 Å². The molecule has 78 valence electrons. The van der Waals surface area contributed by atoms with E-state index in [9.17, 15) is 4.79 Å². The van der Waals surface area contributed by atoms with E-state index in [1.807, 2.05) is 30.3 Å². The van der Waals surface area contributed by atoms with E-state index in [4.69, 9.17) is 10.8 Å². The van der Waals surface area contributed by atoms with E-state index in [-0.39, 0.29) is 6.42 Å². The van der Waals surface area contributed by atoms with Crippen LogP contribution in [-0.2, 0) is 11.2 Å². The first-order valence-corrected chi connectivity index (χ1v) is 4.87. The minimum atomic E-state index is -0.860. The fourth-order valence-corrected chi connectivity index (χ4v) is 1.93. The molecule has 1 aromatic rings. The van der Waals surface area contributed by atoms with E-state index in [2.05, 4.69) is 0 Å². The van der Waals surface area contributed by atoms with Crippen molar-refractivity contribution in [3.63, 3.8) is 0 Å². The Morgan fingerprint density at radius 2 is 2.20 bits per heavy atom. The fourth-order valence-electron chi connectivity index (χ4n) is 1.93. The van der Waals surface area contributed by atoms with Crippen LogP contribution in [0.1, 0.15) is 17.5 Å². The van der Waals surface area contributed by atoms with Gasteiger partial charge in [0.05, 0.1) is 6.42 Å². The summed E-state index contributed by atoms with van der Waals surface area (Å²) in [5.41, 5.74) is 7.51. The molecule has 3 heteroatoms. The summed E-state index contributed by atoms with van der Waals surface area (Å²) in [5, 5.41) is 8.77. The molecule has 0 amide bonds. The highest BCUT2D eigenvalue weighted by Gasteiger charge is 2.28. The van der Waals surface area contributed by atoms with Gasteiger partial charge in [-0.2, -0.15) is 0 Å². The van der Waals surface area contributed by atoms with Crippen molar-refractivity contribution in [2.24, 2.45) is 5.73 Å². The highest BCUT2D eigenvalue weighted by molar-refractivity contribution is 5.71. The zero-order chi connectivity index (χ0) is 10.9. The minimum absolute atomic E-state index is 0.0299. The Hall–Kier alpha value is -1.61. The predicted octanol–water partition coefficient (Wildman–Crippen LogP) is 1.43. The van der Waals surface area contributed by atoms with Crippen molar-refractivity contribution in [2.75, 3.05) is 0 Å². The molecule has 1 atom stereocenters. The number of carbonyl (C=O) groups is 1. The van der Waals surface area contributed by atoms with Crippen LogP contribution in [0.15, 0.2) is 30.3 Å². The molecule has 1 unspecified atom stereocenters. The summed E-state index contributed by atoms with van der Waals surface area (Å²) in [4.78, 5) is 10.7. The number of benzene rings is 1. The van der Waals surface area contributed by atoms with Gasteiger partial charge in [0.2, 0.25) is 0 Å². The van der Waals surface area contributed by atoms with Gasteiger partial charge in [-0.15, -0.1) is 0 Å². The molecular weight excluding hydrogens is 190 g/mol. The maximum Gasteiger partial charge on any atom is 0.305 e. The molecule has 0 bridgehead atoms. The Morgan fingerprint density at radius 1 is 1.47 bits per heavy atom. The van der Waals surface area contributed by atoms with Gasteiger partial charge in [0.1, 0.15) is 0 Å². The van der Waals surface area contributed by atoms with E-state index in [0.29, 0.717) is 6.42 Å². The molecule has 0 aliphatic heterocycles. The van der Waals surface area contributed by atoms with Crippen molar-refractivity contribution >= 4 is 12.0 Å². The van der Waals surface area contributed by atoms with Crippen LogP contribution in [0.3, 0.4) is 0 Å². The van der Waals surface area contributed by atoms with Gasteiger partial charge in [0, 0.05) is 5.54 Å². The molecule has 15 heavy (non-hydrogen) atoms.